The summed E-state index contributed by atoms with van der Waals surface area (Å²) in [5.74, 6) is 5.67. The summed E-state index contributed by atoms with van der Waals surface area (Å²) in [4.78, 5) is 35.5. The number of nitrogens with zero attached hydrogens (tertiary/aromatic N) is 4. The highest BCUT2D eigenvalue weighted by Gasteiger charge is 2.35. The molecule has 2 N–H and O–H groups in total. The van der Waals surface area contributed by atoms with Crippen LogP contribution in [0.25, 0.3) is 0 Å². The number of fused-ring (bicyclic) bond motifs is 1. The molecule has 3 rings (SSSR count). The van der Waals surface area contributed by atoms with E-state index >= 15 is 0 Å². The fraction of sp³-hybridized carbons (Fsp3) is 0.654. The van der Waals surface area contributed by atoms with Crippen molar-refractivity contribution in [2.24, 2.45) is 5.92 Å². The van der Waals surface area contributed by atoms with E-state index in [1.807, 2.05) is 25.9 Å². The van der Waals surface area contributed by atoms with Crippen LogP contribution >= 0.6 is 0 Å². The Balaban J connectivity index is 1.93. The zero-order valence-electron chi connectivity index (χ0n) is 21.5. The minimum absolute atomic E-state index is 0.0341. The lowest BCUT2D eigenvalue weighted by atomic mass is 9.99. The molecule has 0 aromatic carbocycles. The molecular formula is C26H38N4O5. The Morgan fingerprint density at radius 3 is 2.66 bits per heavy atom. The summed E-state index contributed by atoms with van der Waals surface area (Å²) in [6, 6.07) is 1.24. The van der Waals surface area contributed by atoms with E-state index < -0.39 is 17.7 Å². The lowest BCUT2D eigenvalue weighted by molar-refractivity contribution is -0.132. The summed E-state index contributed by atoms with van der Waals surface area (Å²) in [5, 5.41) is 20.4. The van der Waals surface area contributed by atoms with Gasteiger partial charge in [-0.25, -0.2) is 4.98 Å². The fourth-order valence-electron chi connectivity index (χ4n) is 4.42. The number of amides is 2. The van der Waals surface area contributed by atoms with Crippen molar-refractivity contribution in [1.82, 2.24) is 19.7 Å². The Labute approximate surface area is 208 Å². The van der Waals surface area contributed by atoms with E-state index in [1.165, 1.54) is 0 Å². The third-order valence-electron chi connectivity index (χ3n) is 6.72. The molecule has 1 aliphatic carbocycles. The Kier molecular flexibility index (Phi) is 8.75. The zero-order valence-corrected chi connectivity index (χ0v) is 21.5. The summed E-state index contributed by atoms with van der Waals surface area (Å²) < 4.78 is 6.23. The molecule has 3 atom stereocenters. The van der Waals surface area contributed by atoms with Gasteiger partial charge >= 0.3 is 0 Å². The first-order valence-electron chi connectivity index (χ1n) is 12.3. The number of carbonyl (C=O) groups is 2. The highest BCUT2D eigenvalue weighted by Crippen LogP contribution is 2.30. The number of pyridine rings is 1. The van der Waals surface area contributed by atoms with Crippen molar-refractivity contribution < 1.29 is 24.5 Å². The van der Waals surface area contributed by atoms with E-state index in [0.29, 0.717) is 31.5 Å². The van der Waals surface area contributed by atoms with Crippen molar-refractivity contribution in [3.05, 3.63) is 23.4 Å². The molecular weight excluding hydrogens is 448 g/mol. The largest absolute Gasteiger partial charge is 0.472 e. The second kappa shape index (κ2) is 11.4. The summed E-state index contributed by atoms with van der Waals surface area (Å²) in [5.41, 5.74) is -0.220. The topological polar surface area (TPSA) is 106 Å². The van der Waals surface area contributed by atoms with Crippen LogP contribution in [0.3, 0.4) is 0 Å². The molecule has 9 nitrogen and oxygen atoms in total. The Bertz CT molecular complexity index is 980. The third kappa shape index (κ3) is 6.72. The zero-order chi connectivity index (χ0) is 25.8. The standard InChI is InChI=1S/C26H38N4O5/c1-18-14-30(19(2)17-31)25(33)21-12-20(8-11-26(34)9-6-7-10-26)13-27-24(21)35-22(18)15-29(5)23(32)16-28(3)4/h12-13,18-19,22,31,34H,6-7,9-10,14-17H2,1-5H3/t18-,19-,22-/m1/s1. The number of aliphatic hydroxyl groups is 2. The number of ether oxygens (including phenoxy) is 1. The maximum Gasteiger partial charge on any atom is 0.259 e. The normalized spacial score (nSPS) is 22.4. The van der Waals surface area contributed by atoms with E-state index in [1.54, 1.807) is 36.0 Å². The predicted molar refractivity (Wildman–Crippen MR) is 132 cm³/mol. The molecule has 0 unspecified atom stereocenters. The minimum Gasteiger partial charge on any atom is -0.472 e. The third-order valence-corrected chi connectivity index (χ3v) is 6.72. The SMILES string of the molecule is C[C@@H]1CN([C@H](C)CO)C(=O)c2cc(C#CC3(O)CCCC3)cnc2O[C@@H]1CN(C)C(=O)CN(C)C. The number of carbonyl (C=O) groups excluding carboxylic acids is 2. The molecule has 0 saturated heterocycles. The van der Waals surface area contributed by atoms with Gasteiger partial charge in [0, 0.05) is 31.3 Å². The fourth-order valence-corrected chi connectivity index (χ4v) is 4.42. The van der Waals surface area contributed by atoms with Crippen molar-refractivity contribution in [2.45, 2.75) is 57.3 Å². The number of rotatable bonds is 6. The Hall–Kier alpha value is -2.67. The Morgan fingerprint density at radius 1 is 1.34 bits per heavy atom. The van der Waals surface area contributed by atoms with E-state index in [4.69, 9.17) is 4.74 Å². The molecule has 1 aromatic heterocycles. The summed E-state index contributed by atoms with van der Waals surface area (Å²) in [6.07, 6.45) is 4.30. The summed E-state index contributed by atoms with van der Waals surface area (Å²) in [7, 11) is 5.42. The first-order valence-corrected chi connectivity index (χ1v) is 12.3. The average Bonchev–Trinajstić information content (AvgIpc) is 3.25. The van der Waals surface area contributed by atoms with Gasteiger partial charge in [0.15, 0.2) is 0 Å². The van der Waals surface area contributed by atoms with Crippen LogP contribution in [-0.4, -0.2) is 107 Å². The molecule has 1 aromatic rings. The number of hydrogen-bond acceptors (Lipinski definition) is 7. The molecule has 0 radical (unpaired) electrons. The van der Waals surface area contributed by atoms with Crippen molar-refractivity contribution in [1.29, 1.82) is 0 Å². The van der Waals surface area contributed by atoms with Crippen LogP contribution in [-0.2, 0) is 4.79 Å². The Morgan fingerprint density at radius 2 is 2.03 bits per heavy atom. The minimum atomic E-state index is -0.994. The first kappa shape index (κ1) is 26.9. The quantitative estimate of drug-likeness (QED) is 0.578. The first-order chi connectivity index (χ1) is 16.5. The van der Waals surface area contributed by atoms with Crippen LogP contribution in [0.15, 0.2) is 12.3 Å². The van der Waals surface area contributed by atoms with E-state index in [-0.39, 0.29) is 42.3 Å². The highest BCUT2D eigenvalue weighted by molar-refractivity contribution is 5.97. The molecule has 35 heavy (non-hydrogen) atoms. The average molecular weight is 487 g/mol. The van der Waals surface area contributed by atoms with Crippen LogP contribution in [0.1, 0.15) is 55.5 Å². The lowest BCUT2D eigenvalue weighted by Crippen LogP contribution is -2.51. The number of aliphatic hydroxyl groups excluding tert-OH is 1. The monoisotopic (exact) mass is 486 g/mol. The van der Waals surface area contributed by atoms with Gasteiger partial charge in [0.2, 0.25) is 11.8 Å². The van der Waals surface area contributed by atoms with Crippen molar-refractivity contribution in [3.8, 4) is 17.7 Å². The molecule has 1 saturated carbocycles. The van der Waals surface area contributed by atoms with Gasteiger partial charge in [-0.3, -0.25) is 9.59 Å². The maximum absolute atomic E-state index is 13.5. The van der Waals surface area contributed by atoms with Crippen LogP contribution in [0.4, 0.5) is 0 Å². The second-order valence-electron chi connectivity index (χ2n) is 10.2. The van der Waals surface area contributed by atoms with Crippen LogP contribution in [0.5, 0.6) is 5.88 Å². The van der Waals surface area contributed by atoms with Gasteiger partial charge < -0.3 is 29.6 Å². The van der Waals surface area contributed by atoms with Gasteiger partial charge in [-0.15, -0.1) is 0 Å². The van der Waals surface area contributed by atoms with Gasteiger partial charge in [-0.1, -0.05) is 18.8 Å². The van der Waals surface area contributed by atoms with Crippen molar-refractivity contribution in [3.63, 3.8) is 0 Å². The van der Waals surface area contributed by atoms with E-state index in [2.05, 4.69) is 16.8 Å². The van der Waals surface area contributed by atoms with Gasteiger partial charge in [0.1, 0.15) is 17.3 Å². The number of hydrogen-bond donors (Lipinski definition) is 2. The molecule has 0 bridgehead atoms. The molecule has 1 aliphatic heterocycles. The molecule has 0 spiro atoms. The second-order valence-corrected chi connectivity index (χ2v) is 10.2. The van der Waals surface area contributed by atoms with Gasteiger partial charge in [-0.2, -0.15) is 0 Å². The molecule has 192 valence electrons. The molecule has 9 heteroatoms. The molecule has 2 heterocycles. The summed E-state index contributed by atoms with van der Waals surface area (Å²) in [6.45, 7) is 4.55. The van der Waals surface area contributed by atoms with Crippen LogP contribution < -0.4 is 4.74 Å². The van der Waals surface area contributed by atoms with Crippen LogP contribution in [0, 0.1) is 17.8 Å². The smallest absolute Gasteiger partial charge is 0.259 e. The lowest BCUT2D eigenvalue weighted by Gasteiger charge is -2.37. The molecule has 2 amide bonds. The maximum atomic E-state index is 13.5. The van der Waals surface area contributed by atoms with Crippen molar-refractivity contribution in [2.75, 3.05) is 47.4 Å². The number of aromatic nitrogens is 1. The van der Waals surface area contributed by atoms with Gasteiger partial charge in [0.25, 0.3) is 5.91 Å². The predicted octanol–water partition coefficient (Wildman–Crippen LogP) is 0.978. The summed E-state index contributed by atoms with van der Waals surface area (Å²) >= 11 is 0. The van der Waals surface area contributed by atoms with E-state index in [0.717, 1.165) is 12.8 Å². The number of likely N-dealkylation sites (N-methyl/N-ethyl adjacent to an activating group) is 2. The highest BCUT2D eigenvalue weighted by atomic mass is 16.5. The molecule has 2 aliphatic rings. The van der Waals surface area contributed by atoms with Gasteiger partial charge in [-0.05, 0) is 52.8 Å². The van der Waals surface area contributed by atoms with E-state index in [9.17, 15) is 19.8 Å². The van der Waals surface area contributed by atoms with Gasteiger partial charge in [0.05, 0.1) is 25.7 Å². The molecule has 1 fully saturated rings. The van der Waals surface area contributed by atoms with Crippen molar-refractivity contribution >= 4 is 11.8 Å². The van der Waals surface area contributed by atoms with Crippen LogP contribution in [0.2, 0.25) is 0 Å².